The van der Waals surface area contributed by atoms with Gasteiger partial charge in [-0.1, -0.05) is 26.0 Å². The third kappa shape index (κ3) is 5.46. The van der Waals surface area contributed by atoms with Gasteiger partial charge in [0, 0.05) is 5.56 Å². The molecule has 0 spiro atoms. The molecule has 0 saturated carbocycles. The molecule has 126 valence electrons. The van der Waals surface area contributed by atoms with E-state index < -0.39 is 12.0 Å². The van der Waals surface area contributed by atoms with E-state index in [4.69, 9.17) is 0 Å². The Hall–Kier alpha value is -1.14. The number of hydrogen-bond donors (Lipinski definition) is 2. The Balaban J connectivity index is 2.00. The zero-order valence-corrected chi connectivity index (χ0v) is 15.1. The van der Waals surface area contributed by atoms with Gasteiger partial charge in [-0.2, -0.15) is 0 Å². The molecule has 1 aliphatic rings. The molecule has 1 fully saturated rings. The Kier molecular flexibility index (Phi) is 6.84. The maximum Gasteiger partial charge on any atom is 0.326 e. The molecule has 2 rings (SSSR count). The van der Waals surface area contributed by atoms with Crippen LogP contribution >= 0.6 is 23.5 Å². The Morgan fingerprint density at radius 2 is 1.83 bits per heavy atom. The molecule has 0 aromatic heterocycles. The molecule has 1 unspecified atom stereocenters. The van der Waals surface area contributed by atoms with Crippen molar-refractivity contribution in [1.29, 1.82) is 0 Å². The Bertz CT molecular complexity index is 539. The van der Waals surface area contributed by atoms with Gasteiger partial charge in [-0.3, -0.25) is 4.79 Å². The Morgan fingerprint density at radius 3 is 2.35 bits per heavy atom. The summed E-state index contributed by atoms with van der Waals surface area (Å²) in [6.45, 7) is 3.88. The fourth-order valence-corrected chi connectivity index (χ4v) is 5.30. The van der Waals surface area contributed by atoms with Crippen molar-refractivity contribution in [2.24, 2.45) is 5.92 Å². The zero-order chi connectivity index (χ0) is 16.8. The lowest BCUT2D eigenvalue weighted by Crippen LogP contribution is -2.41. The van der Waals surface area contributed by atoms with Gasteiger partial charge < -0.3 is 10.4 Å². The van der Waals surface area contributed by atoms with Gasteiger partial charge in [0.2, 0.25) is 0 Å². The van der Waals surface area contributed by atoms with Crippen LogP contribution in [0.4, 0.5) is 0 Å². The van der Waals surface area contributed by atoms with Crippen LogP contribution in [0.15, 0.2) is 24.3 Å². The van der Waals surface area contributed by atoms with Crippen LogP contribution in [0.5, 0.6) is 0 Å². The minimum absolute atomic E-state index is 0.208. The SMILES string of the molecule is CC(C)CC(NC(=O)c1ccc(C2SCCCS2)cc1)C(=O)O. The second kappa shape index (κ2) is 8.64. The molecule has 1 atom stereocenters. The predicted octanol–water partition coefficient (Wildman–Crippen LogP) is 3.78. The Morgan fingerprint density at radius 1 is 1.22 bits per heavy atom. The first-order chi connectivity index (χ1) is 11.0. The van der Waals surface area contributed by atoms with Crippen LogP contribution in [0, 0.1) is 5.92 Å². The van der Waals surface area contributed by atoms with Crippen molar-refractivity contribution in [2.75, 3.05) is 11.5 Å². The number of rotatable bonds is 6. The lowest BCUT2D eigenvalue weighted by atomic mass is 10.0. The van der Waals surface area contributed by atoms with E-state index in [1.165, 1.54) is 23.5 Å². The van der Waals surface area contributed by atoms with Crippen molar-refractivity contribution >= 4 is 35.4 Å². The highest BCUT2D eigenvalue weighted by atomic mass is 32.2. The smallest absolute Gasteiger partial charge is 0.326 e. The molecule has 1 aliphatic heterocycles. The summed E-state index contributed by atoms with van der Waals surface area (Å²) >= 11 is 3.87. The summed E-state index contributed by atoms with van der Waals surface area (Å²) in [5, 5.41) is 11.8. The van der Waals surface area contributed by atoms with Crippen LogP contribution in [0.1, 0.15) is 47.2 Å². The molecular formula is C17H23NO3S2. The van der Waals surface area contributed by atoms with E-state index in [0.29, 0.717) is 16.6 Å². The number of benzene rings is 1. The average molecular weight is 354 g/mol. The van der Waals surface area contributed by atoms with Crippen molar-refractivity contribution in [3.8, 4) is 0 Å². The monoisotopic (exact) mass is 353 g/mol. The first kappa shape index (κ1) is 18.2. The van der Waals surface area contributed by atoms with Crippen molar-refractivity contribution in [3.05, 3.63) is 35.4 Å². The first-order valence-electron chi connectivity index (χ1n) is 7.84. The lowest BCUT2D eigenvalue weighted by Gasteiger charge is -2.21. The molecule has 0 radical (unpaired) electrons. The minimum Gasteiger partial charge on any atom is -0.480 e. The zero-order valence-electron chi connectivity index (χ0n) is 13.5. The van der Waals surface area contributed by atoms with Gasteiger partial charge in [-0.25, -0.2) is 4.79 Å². The fraction of sp³-hybridized carbons (Fsp3) is 0.529. The van der Waals surface area contributed by atoms with E-state index in [-0.39, 0.29) is 11.8 Å². The molecule has 1 heterocycles. The number of carboxylic acid groups (broad SMARTS) is 1. The third-order valence-corrected chi connectivity index (χ3v) is 6.60. The van der Waals surface area contributed by atoms with E-state index in [1.54, 1.807) is 12.1 Å². The number of carbonyl (C=O) groups is 2. The normalized spacial score (nSPS) is 17.0. The van der Waals surface area contributed by atoms with Gasteiger partial charge in [0.05, 0.1) is 4.58 Å². The van der Waals surface area contributed by atoms with Crippen LogP contribution in [-0.4, -0.2) is 34.5 Å². The van der Waals surface area contributed by atoms with Crippen LogP contribution in [-0.2, 0) is 4.79 Å². The summed E-state index contributed by atoms with van der Waals surface area (Å²) < 4.78 is 0.438. The fourth-order valence-electron chi connectivity index (χ4n) is 2.41. The largest absolute Gasteiger partial charge is 0.480 e. The van der Waals surface area contributed by atoms with Crippen molar-refractivity contribution in [3.63, 3.8) is 0 Å². The van der Waals surface area contributed by atoms with E-state index in [9.17, 15) is 14.7 Å². The number of amides is 1. The van der Waals surface area contributed by atoms with E-state index >= 15 is 0 Å². The summed E-state index contributed by atoms with van der Waals surface area (Å²) in [5.41, 5.74) is 1.72. The van der Waals surface area contributed by atoms with Crippen LogP contribution in [0.3, 0.4) is 0 Å². The molecule has 1 aromatic carbocycles. The highest BCUT2D eigenvalue weighted by molar-refractivity contribution is 8.16. The molecule has 2 N–H and O–H groups in total. The van der Waals surface area contributed by atoms with Crippen molar-refractivity contribution in [1.82, 2.24) is 5.32 Å². The van der Waals surface area contributed by atoms with Gasteiger partial charge in [0.1, 0.15) is 6.04 Å². The van der Waals surface area contributed by atoms with Gasteiger partial charge in [0.15, 0.2) is 0 Å². The number of hydrogen-bond acceptors (Lipinski definition) is 4. The third-order valence-electron chi connectivity index (χ3n) is 3.58. The number of carboxylic acids is 1. The molecule has 4 nitrogen and oxygen atoms in total. The maximum absolute atomic E-state index is 12.2. The molecule has 1 aromatic rings. The molecule has 0 bridgehead atoms. The van der Waals surface area contributed by atoms with Gasteiger partial charge in [-0.15, -0.1) is 23.5 Å². The molecule has 23 heavy (non-hydrogen) atoms. The molecule has 0 aliphatic carbocycles. The van der Waals surface area contributed by atoms with E-state index in [2.05, 4.69) is 5.32 Å². The summed E-state index contributed by atoms with van der Waals surface area (Å²) in [7, 11) is 0. The predicted molar refractivity (Wildman–Crippen MR) is 97.1 cm³/mol. The number of thioether (sulfide) groups is 2. The van der Waals surface area contributed by atoms with Gasteiger partial charge >= 0.3 is 5.97 Å². The summed E-state index contributed by atoms with van der Waals surface area (Å²) in [4.78, 5) is 23.5. The van der Waals surface area contributed by atoms with Crippen LogP contribution in [0.2, 0.25) is 0 Å². The maximum atomic E-state index is 12.2. The summed E-state index contributed by atoms with van der Waals surface area (Å²) in [6.07, 6.45) is 1.67. The lowest BCUT2D eigenvalue weighted by molar-refractivity contribution is -0.139. The highest BCUT2D eigenvalue weighted by Crippen LogP contribution is 2.43. The Labute approximate surface area is 145 Å². The standard InChI is InChI=1S/C17H23NO3S2/c1-11(2)10-14(16(20)21)18-15(19)12-4-6-13(7-5-12)17-22-8-3-9-23-17/h4-7,11,14,17H,3,8-10H2,1-2H3,(H,18,19)(H,20,21). The highest BCUT2D eigenvalue weighted by Gasteiger charge is 2.22. The van der Waals surface area contributed by atoms with E-state index in [0.717, 1.165) is 0 Å². The van der Waals surface area contributed by atoms with Crippen molar-refractivity contribution < 1.29 is 14.7 Å². The summed E-state index contributed by atoms with van der Waals surface area (Å²) in [6, 6.07) is 6.68. The number of carbonyl (C=O) groups excluding carboxylic acids is 1. The molecule has 1 saturated heterocycles. The van der Waals surface area contributed by atoms with Crippen molar-refractivity contribution in [2.45, 2.75) is 37.3 Å². The van der Waals surface area contributed by atoms with Gasteiger partial charge in [0.25, 0.3) is 5.91 Å². The van der Waals surface area contributed by atoms with Gasteiger partial charge in [-0.05, 0) is 48.0 Å². The second-order valence-corrected chi connectivity index (χ2v) is 8.77. The molecular weight excluding hydrogens is 330 g/mol. The number of nitrogens with one attached hydrogen (secondary N) is 1. The van der Waals surface area contributed by atoms with Crippen LogP contribution in [0.25, 0.3) is 0 Å². The molecule has 6 heteroatoms. The topological polar surface area (TPSA) is 66.4 Å². The second-order valence-electron chi connectivity index (χ2n) is 6.04. The first-order valence-corrected chi connectivity index (χ1v) is 9.94. The number of aliphatic carboxylic acids is 1. The summed E-state index contributed by atoms with van der Waals surface area (Å²) in [5.74, 6) is 1.25. The molecule has 1 amide bonds. The average Bonchev–Trinajstić information content (AvgIpc) is 2.54. The van der Waals surface area contributed by atoms with Crippen LogP contribution < -0.4 is 5.32 Å². The quantitative estimate of drug-likeness (QED) is 0.814. The van der Waals surface area contributed by atoms with E-state index in [1.807, 2.05) is 49.5 Å². The minimum atomic E-state index is -0.987.